The first kappa shape index (κ1) is 89.8. The molecule has 108 heavy (non-hydrogen) atoms. The van der Waals surface area contributed by atoms with Crippen LogP contribution in [0, 0.1) is 0 Å². The predicted molar refractivity (Wildman–Crippen MR) is 396 cm³/mol. The number of phenols is 1. The molecule has 0 saturated carbocycles. The summed E-state index contributed by atoms with van der Waals surface area (Å²) in [7, 11) is 0. The van der Waals surface area contributed by atoms with E-state index in [1.54, 1.807) is 73.3 Å². The minimum Gasteiger partial charge on any atom is -0.508 e. The lowest BCUT2D eigenvalue weighted by molar-refractivity contribution is -0.142. The quantitative estimate of drug-likeness (QED) is 0.0147. The van der Waals surface area contributed by atoms with Crippen LogP contribution in [-0.4, -0.2) is 256 Å². The van der Waals surface area contributed by atoms with Gasteiger partial charge in [-0.2, -0.15) is 36.2 Å². The number of aromatic amines is 1. The Morgan fingerprint density at radius 2 is 0.926 bits per heavy atom. The molecule has 37 nitrogen and oxygen atoms in total. The van der Waals surface area contributed by atoms with Gasteiger partial charge >= 0.3 is 17.9 Å². The summed E-state index contributed by atoms with van der Waals surface area (Å²) in [4.78, 5) is 213. The molecule has 0 aliphatic rings. The van der Waals surface area contributed by atoms with Crippen LogP contribution in [-0.2, 0) is 105 Å². The molecule has 0 aliphatic heterocycles. The number of thiol groups is 1. The summed E-state index contributed by atoms with van der Waals surface area (Å²) in [6, 6.07) is 5.91. The monoisotopic (exact) mass is 1570 g/mol. The van der Waals surface area contributed by atoms with E-state index in [4.69, 9.17) is 20.9 Å². The number of carbonyl (C=O) groups excluding carboxylic acids is 13. The van der Waals surface area contributed by atoms with Gasteiger partial charge in [0.25, 0.3) is 0 Å². The Morgan fingerprint density at radius 3 is 1.48 bits per heavy atom. The Kier molecular flexibility index (Phi) is 39.8. The highest BCUT2D eigenvalue weighted by molar-refractivity contribution is 7.98. The number of ether oxygens (including phenoxy) is 2. The van der Waals surface area contributed by atoms with Gasteiger partial charge in [-0.1, -0.05) is 60.7 Å². The van der Waals surface area contributed by atoms with E-state index >= 15 is 0 Å². The smallest absolute Gasteiger partial charge is 0.305 e. The van der Waals surface area contributed by atoms with E-state index in [1.807, 2.05) is 0 Å². The van der Waals surface area contributed by atoms with E-state index in [0.29, 0.717) is 27.6 Å². The molecule has 3 aromatic carbocycles. The zero-order chi connectivity index (χ0) is 79.8. The van der Waals surface area contributed by atoms with Crippen molar-refractivity contribution < 1.29 is 107 Å². The van der Waals surface area contributed by atoms with Gasteiger partial charge in [-0.3, -0.25) is 76.7 Å². The van der Waals surface area contributed by atoms with Crippen LogP contribution >= 0.6 is 36.2 Å². The number of benzene rings is 3. The Balaban J connectivity index is 1.40. The third-order valence-corrected chi connectivity index (χ3v) is 17.4. The summed E-state index contributed by atoms with van der Waals surface area (Å²) in [6.07, 6.45) is 1.15. The number of fused-ring (bicyclic) bond motifs is 1. The second-order valence-corrected chi connectivity index (χ2v) is 26.6. The Bertz CT molecular complexity index is 3750. The highest BCUT2D eigenvalue weighted by Gasteiger charge is 2.36. The molecule has 0 radical (unpaired) electrons. The first-order chi connectivity index (χ1) is 51.4. The van der Waals surface area contributed by atoms with Crippen molar-refractivity contribution in [1.29, 1.82) is 0 Å². The zero-order valence-corrected chi connectivity index (χ0v) is 61.9. The number of para-hydroxylation sites is 1. The SMILES string of the molecule is CSCC[C@H](NC(=O)[C@H](Cc1ccc(O)cc1)NC(=O)[C@H](CC(=O)O)NC(=O)CCOCCOCCNC(=O)[C@H](CS)NC(=O)[C@H](CC(=O)O)NC(=O)[C@@H](N)CNC(C)=O)C(=O)NCC(=O)N[C@@H](Cc1c[nH]c2ccccc12)C(=O)N[C@@H](CCSC)C(=O)N[C@@H](CC(=O)O)C(=O)N[C@@H](Cc1ccccc1)C(N)=O. The Labute approximate surface area is 634 Å². The van der Waals surface area contributed by atoms with Crippen LogP contribution in [0.2, 0.25) is 0 Å². The second-order valence-electron chi connectivity index (χ2n) is 24.3. The molecule has 0 spiro atoms. The lowest BCUT2D eigenvalue weighted by Gasteiger charge is -2.26. The number of carbonyl (C=O) groups is 16. The summed E-state index contributed by atoms with van der Waals surface area (Å²) < 4.78 is 10.9. The molecule has 13 amide bonds. The van der Waals surface area contributed by atoms with Crippen LogP contribution in [0.15, 0.2) is 85.1 Å². The maximum Gasteiger partial charge on any atom is 0.305 e. The number of aromatic nitrogens is 1. The molecule has 0 unspecified atom stereocenters. The maximum atomic E-state index is 14.5. The number of rotatable bonds is 51. The van der Waals surface area contributed by atoms with Crippen LogP contribution in [0.25, 0.3) is 10.9 Å². The average Bonchev–Trinajstić information content (AvgIpc) is 1.66. The molecule has 0 saturated heterocycles. The summed E-state index contributed by atoms with van der Waals surface area (Å²) in [5.74, 6) is -16.3. The van der Waals surface area contributed by atoms with E-state index in [1.165, 1.54) is 54.7 Å². The van der Waals surface area contributed by atoms with E-state index in [9.17, 15) is 97.1 Å². The fourth-order valence-electron chi connectivity index (χ4n) is 10.2. The average molecular weight is 1570 g/mol. The van der Waals surface area contributed by atoms with E-state index < -0.39 is 187 Å². The number of carboxylic acid groups (broad SMARTS) is 3. The molecule has 590 valence electrons. The van der Waals surface area contributed by atoms with Crippen LogP contribution in [0.5, 0.6) is 5.75 Å². The van der Waals surface area contributed by atoms with Gasteiger partial charge in [0.15, 0.2) is 0 Å². The third kappa shape index (κ3) is 33.5. The standard InChI is InChI=1S/C68H93N15O22S3/c1-37(84)72-34-43(69)60(95)80-51(31-57(90)91)68(103)83-53(36-106)62(97)71-20-22-105-24-23-104-21-17-54(86)75-50(30-56(88)89)66(101)81-48(28-39-13-15-41(85)16-14-39)64(99)77-45(18-25-107-2)61(96)74-35-55(87)76-49(29-40-33-73-44-12-8-7-11-42(40)44)65(100)78-46(19-26-108-3)63(98)82-52(32-58(92)93)67(102)79-47(59(70)94)27-38-9-5-4-6-10-38/h4-16,33,43,45-53,73,85,106H,17-32,34-36,69H2,1-3H3,(H2,70,94)(H,71,97)(H,72,84)(H,74,96)(H,75,86)(H,76,87)(H,77,99)(H,78,100)(H,79,102)(H,80,95)(H,81,101)(H,82,98)(H,83,103)(H,88,89)(H,90,91)(H,92,93)/t43-,45-,46-,47-,48-,49-,50-,51-,52-,53-/m0/s1. The van der Waals surface area contributed by atoms with Crippen LogP contribution in [0.3, 0.4) is 0 Å². The lowest BCUT2D eigenvalue weighted by Crippen LogP contribution is -2.59. The molecule has 4 rings (SSSR count). The summed E-state index contributed by atoms with van der Waals surface area (Å²) in [5, 5.41) is 68.8. The first-order valence-electron chi connectivity index (χ1n) is 33.7. The van der Waals surface area contributed by atoms with Crippen LogP contribution < -0.4 is 75.3 Å². The van der Waals surface area contributed by atoms with E-state index in [2.05, 4.69) is 81.4 Å². The van der Waals surface area contributed by atoms with Gasteiger partial charge in [-0.05, 0) is 71.7 Å². The lowest BCUT2D eigenvalue weighted by atomic mass is 10.0. The molecule has 0 fully saturated rings. The van der Waals surface area contributed by atoms with Gasteiger partial charge in [-0.25, -0.2) is 0 Å². The van der Waals surface area contributed by atoms with Gasteiger partial charge in [0.1, 0.15) is 66.2 Å². The van der Waals surface area contributed by atoms with Crippen molar-refractivity contribution in [3.63, 3.8) is 0 Å². The number of H-pyrrole nitrogens is 1. The predicted octanol–water partition coefficient (Wildman–Crippen LogP) is -4.27. The fourth-order valence-corrected chi connectivity index (χ4v) is 11.4. The number of amides is 13. The van der Waals surface area contributed by atoms with Crippen molar-refractivity contribution in [2.75, 3.05) is 75.8 Å². The topological polar surface area (TPSA) is 585 Å². The van der Waals surface area contributed by atoms with Crippen molar-refractivity contribution in [3.05, 3.63) is 102 Å². The molecular formula is C68H93N15O22S3. The second kappa shape index (κ2) is 47.9. The molecule has 21 N–H and O–H groups in total. The third-order valence-electron chi connectivity index (χ3n) is 15.8. The van der Waals surface area contributed by atoms with Gasteiger partial charge < -0.3 is 110 Å². The van der Waals surface area contributed by atoms with Gasteiger partial charge in [0.2, 0.25) is 76.8 Å². The number of aliphatic carboxylic acids is 3. The molecule has 4 aromatic rings. The minimum absolute atomic E-state index is 0.0585. The molecule has 1 aromatic heterocycles. The molecular weight excluding hydrogens is 1480 g/mol. The summed E-state index contributed by atoms with van der Waals surface area (Å²) in [6.45, 7) is -0.540. The molecule has 0 aliphatic carbocycles. The number of carboxylic acids is 3. The highest BCUT2D eigenvalue weighted by Crippen LogP contribution is 2.20. The van der Waals surface area contributed by atoms with Gasteiger partial charge in [0.05, 0.1) is 52.2 Å². The van der Waals surface area contributed by atoms with Crippen LogP contribution in [0.4, 0.5) is 0 Å². The van der Waals surface area contributed by atoms with Crippen molar-refractivity contribution >= 4 is 142 Å². The number of nitrogens with two attached hydrogens (primary N) is 2. The Morgan fingerprint density at radius 1 is 0.481 bits per heavy atom. The number of phenolic OH excluding ortho intramolecular Hbond substituents is 1. The first-order valence-corrected chi connectivity index (χ1v) is 37.2. The summed E-state index contributed by atoms with van der Waals surface area (Å²) in [5.41, 5.74) is 13.5. The molecule has 1 heterocycles. The van der Waals surface area contributed by atoms with Crippen molar-refractivity contribution in [1.82, 2.24) is 68.8 Å². The van der Waals surface area contributed by atoms with E-state index in [0.717, 1.165) is 0 Å². The van der Waals surface area contributed by atoms with Gasteiger partial charge in [0, 0.05) is 68.5 Å². The fraction of sp³-hybridized carbons (Fsp3) is 0.471. The highest BCUT2D eigenvalue weighted by atomic mass is 32.2. The number of hydrogen-bond acceptors (Lipinski definition) is 23. The minimum atomic E-state index is -1.78. The number of nitrogens with one attached hydrogen (secondary N) is 13. The molecule has 40 heteroatoms. The van der Waals surface area contributed by atoms with Gasteiger partial charge in [-0.15, -0.1) is 0 Å². The van der Waals surface area contributed by atoms with Crippen LogP contribution in [0.1, 0.15) is 62.1 Å². The van der Waals surface area contributed by atoms with Crippen molar-refractivity contribution in [2.24, 2.45) is 11.5 Å². The van der Waals surface area contributed by atoms with E-state index in [-0.39, 0.29) is 94.6 Å². The Hall–Kier alpha value is -10.6. The molecule has 0 bridgehead atoms. The van der Waals surface area contributed by atoms with Crippen molar-refractivity contribution in [3.8, 4) is 5.75 Å². The largest absolute Gasteiger partial charge is 0.508 e. The zero-order valence-electron chi connectivity index (χ0n) is 59.3. The number of thioether (sulfide) groups is 2. The molecule has 10 atom stereocenters. The number of primary amides is 1. The normalized spacial score (nSPS) is 13.8. The maximum absolute atomic E-state index is 14.5. The number of aromatic hydroxyl groups is 1. The number of hydrogen-bond donors (Lipinski definition) is 20. The van der Waals surface area contributed by atoms with Crippen molar-refractivity contribution in [2.45, 2.75) is 125 Å². The summed E-state index contributed by atoms with van der Waals surface area (Å²) >= 11 is 6.66.